The van der Waals surface area contributed by atoms with E-state index in [0.29, 0.717) is 24.7 Å². The summed E-state index contributed by atoms with van der Waals surface area (Å²) in [5, 5.41) is 10.5. The summed E-state index contributed by atoms with van der Waals surface area (Å²) in [5.41, 5.74) is 0.732. The fraction of sp³-hybridized carbons (Fsp3) is 0.444. The maximum atomic E-state index is 13.6. The van der Waals surface area contributed by atoms with Gasteiger partial charge in [-0.2, -0.15) is 5.10 Å². The van der Waals surface area contributed by atoms with E-state index in [1.54, 1.807) is 23.0 Å². The molecule has 0 spiro atoms. The van der Waals surface area contributed by atoms with E-state index in [2.05, 4.69) is 15.7 Å². The lowest BCUT2D eigenvalue weighted by molar-refractivity contribution is -0.116. The quantitative estimate of drug-likeness (QED) is 0.773. The Bertz CT molecular complexity index is 732. The van der Waals surface area contributed by atoms with E-state index in [-0.39, 0.29) is 23.3 Å². The first-order valence-corrected chi connectivity index (χ1v) is 8.96. The molecule has 1 fully saturated rings. The van der Waals surface area contributed by atoms with Crippen LogP contribution in [0.25, 0.3) is 0 Å². The van der Waals surface area contributed by atoms with E-state index >= 15 is 0 Å². The Morgan fingerprint density at radius 2 is 2.12 bits per heavy atom. The van der Waals surface area contributed by atoms with Gasteiger partial charge in [0, 0.05) is 12.5 Å². The summed E-state index contributed by atoms with van der Waals surface area (Å²) in [7, 11) is 0. The van der Waals surface area contributed by atoms with Crippen LogP contribution < -0.4 is 10.6 Å². The molecule has 1 aromatic heterocycles. The van der Waals surface area contributed by atoms with Gasteiger partial charge in [0.05, 0.1) is 17.8 Å². The van der Waals surface area contributed by atoms with Crippen molar-refractivity contribution >= 4 is 35.7 Å². The lowest BCUT2D eigenvalue weighted by atomic mass is 9.93. The third-order valence-electron chi connectivity index (χ3n) is 4.54. The number of hydrogen-bond donors (Lipinski definition) is 2. The molecular weight excluding hydrogens is 378 g/mol. The molecule has 0 unspecified atom stereocenters. The lowest BCUT2D eigenvalue weighted by Crippen LogP contribution is -2.28. The number of amides is 1. The molecule has 0 radical (unpaired) electrons. The first-order valence-electron chi connectivity index (χ1n) is 8.58. The average Bonchev–Trinajstić information content (AvgIpc) is 3.04. The van der Waals surface area contributed by atoms with Crippen LogP contribution in [0.1, 0.15) is 31.2 Å². The predicted molar refractivity (Wildman–Crippen MR) is 103 cm³/mol. The first-order chi connectivity index (χ1) is 12.1. The van der Waals surface area contributed by atoms with E-state index in [1.165, 1.54) is 12.1 Å². The molecule has 1 aliphatic heterocycles. The number of rotatable bonds is 6. The number of carbonyl (C=O) groups is 1. The summed E-state index contributed by atoms with van der Waals surface area (Å²) in [5.74, 6) is 0.765. The molecule has 3 rings (SSSR count). The zero-order valence-corrected chi connectivity index (χ0v) is 16.0. The summed E-state index contributed by atoms with van der Waals surface area (Å²) in [6.45, 7) is 2.44. The highest BCUT2D eigenvalue weighted by Crippen LogP contribution is 2.19. The zero-order chi connectivity index (χ0) is 17.6. The van der Waals surface area contributed by atoms with Gasteiger partial charge >= 0.3 is 0 Å². The fourth-order valence-corrected chi connectivity index (χ4v) is 3.20. The van der Waals surface area contributed by atoms with Crippen molar-refractivity contribution in [1.29, 1.82) is 0 Å². The second-order valence-corrected chi connectivity index (χ2v) is 6.81. The van der Waals surface area contributed by atoms with Crippen LogP contribution in [0.15, 0.2) is 30.5 Å². The van der Waals surface area contributed by atoms with Gasteiger partial charge in [0.15, 0.2) is 0 Å². The SMILES string of the molecule is Cl.O=C(CCC1CCNCC1)Nc1ccnn1Cc1ccc(Cl)c(F)c1. The van der Waals surface area contributed by atoms with Crippen molar-refractivity contribution in [3.8, 4) is 0 Å². The van der Waals surface area contributed by atoms with E-state index in [4.69, 9.17) is 11.6 Å². The van der Waals surface area contributed by atoms with Crippen molar-refractivity contribution in [2.75, 3.05) is 18.4 Å². The Balaban J connectivity index is 0.00000243. The van der Waals surface area contributed by atoms with Crippen molar-refractivity contribution in [2.45, 2.75) is 32.2 Å². The van der Waals surface area contributed by atoms with Crippen molar-refractivity contribution in [1.82, 2.24) is 15.1 Å². The smallest absolute Gasteiger partial charge is 0.225 e. The van der Waals surface area contributed by atoms with Gasteiger partial charge in [-0.25, -0.2) is 9.07 Å². The van der Waals surface area contributed by atoms with Gasteiger partial charge in [0.25, 0.3) is 0 Å². The third kappa shape index (κ3) is 5.69. The van der Waals surface area contributed by atoms with Gasteiger partial charge in [0.2, 0.25) is 5.91 Å². The number of piperidine rings is 1. The third-order valence-corrected chi connectivity index (χ3v) is 4.85. The van der Waals surface area contributed by atoms with Crippen molar-refractivity contribution in [3.05, 3.63) is 46.9 Å². The lowest BCUT2D eigenvalue weighted by Gasteiger charge is -2.22. The van der Waals surface area contributed by atoms with Crippen molar-refractivity contribution in [2.24, 2.45) is 5.92 Å². The number of anilines is 1. The fourth-order valence-electron chi connectivity index (χ4n) is 3.09. The van der Waals surface area contributed by atoms with Crippen LogP contribution in [0.4, 0.5) is 10.2 Å². The molecule has 26 heavy (non-hydrogen) atoms. The number of nitrogens with one attached hydrogen (secondary N) is 2. The molecule has 2 aromatic rings. The first kappa shape index (κ1) is 20.7. The number of nitrogens with zero attached hydrogens (tertiary/aromatic N) is 2. The summed E-state index contributed by atoms with van der Waals surface area (Å²) in [6, 6.07) is 6.39. The second-order valence-electron chi connectivity index (χ2n) is 6.40. The topological polar surface area (TPSA) is 59.0 Å². The second kappa shape index (κ2) is 9.90. The molecule has 5 nitrogen and oxygen atoms in total. The molecule has 0 atom stereocenters. The summed E-state index contributed by atoms with van der Waals surface area (Å²) >= 11 is 5.70. The normalized spacial score (nSPS) is 14.7. The molecule has 0 bridgehead atoms. The number of aromatic nitrogens is 2. The molecule has 142 valence electrons. The van der Waals surface area contributed by atoms with Crippen LogP contribution in [-0.2, 0) is 11.3 Å². The monoisotopic (exact) mass is 400 g/mol. The van der Waals surface area contributed by atoms with Crippen LogP contribution in [0.2, 0.25) is 5.02 Å². The number of carbonyl (C=O) groups excluding carboxylic acids is 1. The van der Waals surface area contributed by atoms with E-state index in [9.17, 15) is 9.18 Å². The van der Waals surface area contributed by atoms with Crippen LogP contribution in [0.3, 0.4) is 0 Å². The number of hydrogen-bond acceptors (Lipinski definition) is 3. The van der Waals surface area contributed by atoms with Gasteiger partial charge in [-0.15, -0.1) is 12.4 Å². The Morgan fingerprint density at radius 1 is 1.35 bits per heavy atom. The zero-order valence-electron chi connectivity index (χ0n) is 14.4. The summed E-state index contributed by atoms with van der Waals surface area (Å²) < 4.78 is 15.2. The minimum atomic E-state index is -0.459. The number of halogens is 3. The van der Waals surface area contributed by atoms with Gasteiger partial charge in [-0.3, -0.25) is 4.79 Å². The van der Waals surface area contributed by atoms with Crippen molar-refractivity contribution < 1.29 is 9.18 Å². The molecule has 1 saturated heterocycles. The van der Waals surface area contributed by atoms with Gasteiger partial charge in [-0.1, -0.05) is 17.7 Å². The van der Waals surface area contributed by atoms with Crippen LogP contribution in [0, 0.1) is 11.7 Å². The van der Waals surface area contributed by atoms with Crippen LogP contribution >= 0.6 is 24.0 Å². The highest BCUT2D eigenvalue weighted by molar-refractivity contribution is 6.30. The molecule has 2 heterocycles. The molecule has 0 aliphatic carbocycles. The molecule has 1 amide bonds. The molecule has 8 heteroatoms. The molecule has 2 N–H and O–H groups in total. The van der Waals surface area contributed by atoms with Crippen molar-refractivity contribution in [3.63, 3.8) is 0 Å². The maximum absolute atomic E-state index is 13.6. The summed E-state index contributed by atoms with van der Waals surface area (Å²) in [6.07, 6.45) is 5.30. The predicted octanol–water partition coefficient (Wildman–Crippen LogP) is 3.86. The molecule has 1 aliphatic rings. The standard InChI is InChI=1S/C18H22ClFN4O.ClH/c19-15-3-1-14(11-16(15)20)12-24-17(7-10-22-24)23-18(25)4-2-13-5-8-21-9-6-13;/h1,3,7,10-11,13,21H,2,4-6,8-9,12H2,(H,23,25);1H. The Kier molecular flexibility index (Phi) is 7.87. The van der Waals surface area contributed by atoms with E-state index in [1.807, 2.05) is 0 Å². The van der Waals surface area contributed by atoms with Crippen LogP contribution in [0.5, 0.6) is 0 Å². The number of benzene rings is 1. The van der Waals surface area contributed by atoms with E-state index < -0.39 is 5.82 Å². The molecular formula is C18H23Cl2FN4O. The van der Waals surface area contributed by atoms with Gasteiger partial charge in [-0.05, 0) is 56.0 Å². The highest BCUT2D eigenvalue weighted by Gasteiger charge is 2.15. The highest BCUT2D eigenvalue weighted by atomic mass is 35.5. The van der Waals surface area contributed by atoms with Crippen LogP contribution in [-0.4, -0.2) is 28.8 Å². The van der Waals surface area contributed by atoms with Gasteiger partial charge < -0.3 is 10.6 Å². The molecule has 1 aromatic carbocycles. The minimum Gasteiger partial charge on any atom is -0.317 e. The summed E-state index contributed by atoms with van der Waals surface area (Å²) in [4.78, 5) is 12.2. The van der Waals surface area contributed by atoms with Gasteiger partial charge in [0.1, 0.15) is 11.6 Å². The Hall–Kier alpha value is -1.63. The average molecular weight is 401 g/mol. The molecule has 0 saturated carbocycles. The Labute approximate surface area is 163 Å². The van der Waals surface area contributed by atoms with E-state index in [0.717, 1.165) is 37.9 Å². The maximum Gasteiger partial charge on any atom is 0.225 e. The largest absolute Gasteiger partial charge is 0.317 e. The minimum absolute atomic E-state index is 0. The Morgan fingerprint density at radius 3 is 2.85 bits per heavy atom.